The molecule has 0 unspecified atom stereocenters. The molecule has 0 radical (unpaired) electrons. The fraction of sp³-hybridized carbons (Fsp3) is 0.364. The van der Waals surface area contributed by atoms with E-state index in [0.717, 1.165) is 13.3 Å². The summed E-state index contributed by atoms with van der Waals surface area (Å²) in [6.07, 6.45) is -2.35. The monoisotopic (exact) mass is 256 g/mol. The molecule has 96 valence electrons. The van der Waals surface area contributed by atoms with Gasteiger partial charge in [-0.3, -0.25) is 4.79 Å². The molecule has 0 aromatic carbocycles. The average molecular weight is 256 g/mol. The third-order valence-electron chi connectivity index (χ3n) is 2.27. The maximum atomic E-state index is 13.0. The predicted octanol–water partition coefficient (Wildman–Crippen LogP) is 1.61. The quantitative estimate of drug-likeness (QED) is 0.765. The van der Waals surface area contributed by atoms with Gasteiger partial charge in [-0.25, -0.2) is 13.8 Å². The zero-order valence-electron chi connectivity index (χ0n) is 9.74. The molecule has 0 atom stereocenters. The lowest BCUT2D eigenvalue weighted by Crippen LogP contribution is -2.11. The number of carbonyl (C=O) groups excluding carboxylic acids is 1. The first kappa shape index (κ1) is 13.8. The van der Waals surface area contributed by atoms with Gasteiger partial charge in [0.05, 0.1) is 26.2 Å². The number of halogens is 2. The number of esters is 1. The Morgan fingerprint density at radius 1 is 1.56 bits per heavy atom. The predicted molar refractivity (Wildman–Crippen MR) is 56.2 cm³/mol. The molecule has 5 nitrogen and oxygen atoms in total. The van der Waals surface area contributed by atoms with E-state index in [1.807, 2.05) is 0 Å². The molecule has 0 N–H and O–H groups in total. The minimum absolute atomic E-state index is 0.116. The van der Waals surface area contributed by atoms with Gasteiger partial charge in [-0.1, -0.05) is 0 Å². The minimum Gasteiger partial charge on any atom is -0.481 e. The number of nitrogens with zero attached hydrogens (tertiary/aromatic N) is 2. The lowest BCUT2D eigenvalue weighted by atomic mass is 10.0. The summed E-state index contributed by atoms with van der Waals surface area (Å²) in [5, 5.41) is 8.77. The molecule has 0 aliphatic rings. The number of nitriles is 1. The molecule has 1 aromatic rings. The maximum Gasteiger partial charge on any atom is 0.310 e. The van der Waals surface area contributed by atoms with Crippen LogP contribution < -0.4 is 4.74 Å². The van der Waals surface area contributed by atoms with Crippen LogP contribution >= 0.6 is 0 Å². The number of methoxy groups -OCH3 is 2. The van der Waals surface area contributed by atoms with E-state index >= 15 is 0 Å². The minimum atomic E-state index is -2.91. The zero-order valence-corrected chi connectivity index (χ0v) is 9.74. The van der Waals surface area contributed by atoms with Gasteiger partial charge >= 0.3 is 5.97 Å². The van der Waals surface area contributed by atoms with Crippen molar-refractivity contribution >= 4 is 5.97 Å². The maximum absolute atomic E-state index is 13.0. The standard InChI is InChI=1S/C11H10F2N2O3/c1-17-8(16)3-7-9(10(12)13)6(4-14)5-15-11(7)18-2/h5,10H,3H2,1-2H3. The van der Waals surface area contributed by atoms with E-state index in [1.54, 1.807) is 6.07 Å². The fourth-order valence-corrected chi connectivity index (χ4v) is 1.45. The van der Waals surface area contributed by atoms with E-state index in [4.69, 9.17) is 10.00 Å². The van der Waals surface area contributed by atoms with E-state index in [0.29, 0.717) is 0 Å². The topological polar surface area (TPSA) is 72.2 Å². The van der Waals surface area contributed by atoms with Gasteiger partial charge in [0.25, 0.3) is 6.43 Å². The molecule has 0 aliphatic carbocycles. The van der Waals surface area contributed by atoms with Gasteiger partial charge in [-0.2, -0.15) is 5.26 Å². The van der Waals surface area contributed by atoms with Crippen molar-refractivity contribution < 1.29 is 23.0 Å². The number of alkyl halides is 2. The summed E-state index contributed by atoms with van der Waals surface area (Å²) >= 11 is 0. The summed E-state index contributed by atoms with van der Waals surface area (Å²) in [6, 6.07) is 1.61. The smallest absolute Gasteiger partial charge is 0.310 e. The zero-order chi connectivity index (χ0) is 13.7. The summed E-state index contributed by atoms with van der Waals surface area (Å²) < 4.78 is 35.1. The fourth-order valence-electron chi connectivity index (χ4n) is 1.45. The summed E-state index contributed by atoms with van der Waals surface area (Å²) in [5.74, 6) is -0.832. The molecule has 1 heterocycles. The Hall–Kier alpha value is -2.23. The Bertz CT molecular complexity index is 498. The molecule has 1 rings (SSSR count). The van der Waals surface area contributed by atoms with Gasteiger partial charge < -0.3 is 9.47 Å². The van der Waals surface area contributed by atoms with Crippen LogP contribution in [0.4, 0.5) is 8.78 Å². The van der Waals surface area contributed by atoms with Crippen molar-refractivity contribution in [1.82, 2.24) is 4.98 Å². The first-order valence-electron chi connectivity index (χ1n) is 4.86. The summed E-state index contributed by atoms with van der Waals surface area (Å²) in [6.45, 7) is 0. The van der Waals surface area contributed by atoms with Gasteiger partial charge in [-0.05, 0) is 0 Å². The van der Waals surface area contributed by atoms with Crippen LogP contribution in [0.3, 0.4) is 0 Å². The largest absolute Gasteiger partial charge is 0.481 e. The van der Waals surface area contributed by atoms with Crippen LogP contribution in [0.5, 0.6) is 5.88 Å². The summed E-state index contributed by atoms with van der Waals surface area (Å²) in [5.41, 5.74) is -0.960. The first-order valence-corrected chi connectivity index (χ1v) is 4.86. The van der Waals surface area contributed by atoms with Gasteiger partial charge in [0.1, 0.15) is 6.07 Å². The van der Waals surface area contributed by atoms with Crippen molar-refractivity contribution in [3.8, 4) is 11.9 Å². The highest BCUT2D eigenvalue weighted by Gasteiger charge is 2.24. The molecule has 7 heteroatoms. The van der Waals surface area contributed by atoms with Crippen LogP contribution in [-0.4, -0.2) is 25.2 Å². The van der Waals surface area contributed by atoms with Gasteiger partial charge in [-0.15, -0.1) is 0 Å². The first-order chi connectivity index (χ1) is 8.54. The highest BCUT2D eigenvalue weighted by Crippen LogP contribution is 2.31. The van der Waals surface area contributed by atoms with Crippen molar-refractivity contribution in [1.29, 1.82) is 5.26 Å². The van der Waals surface area contributed by atoms with Crippen molar-refractivity contribution in [3.05, 3.63) is 22.9 Å². The van der Waals surface area contributed by atoms with E-state index < -0.39 is 24.4 Å². The van der Waals surface area contributed by atoms with E-state index in [1.165, 1.54) is 7.11 Å². The number of pyridine rings is 1. The van der Waals surface area contributed by atoms with Crippen LogP contribution in [0.15, 0.2) is 6.20 Å². The molecule has 18 heavy (non-hydrogen) atoms. The molecule has 0 saturated carbocycles. The molecule has 0 amide bonds. The SMILES string of the molecule is COC(=O)Cc1c(OC)ncc(C#N)c1C(F)F. The number of aromatic nitrogens is 1. The Morgan fingerprint density at radius 3 is 2.67 bits per heavy atom. The van der Waals surface area contributed by atoms with Gasteiger partial charge in [0, 0.05) is 17.3 Å². The van der Waals surface area contributed by atoms with Crippen molar-refractivity contribution in [2.45, 2.75) is 12.8 Å². The number of ether oxygens (including phenoxy) is 2. The second kappa shape index (κ2) is 5.91. The number of hydrogen-bond acceptors (Lipinski definition) is 5. The van der Waals surface area contributed by atoms with Crippen LogP contribution in [0.1, 0.15) is 23.1 Å². The van der Waals surface area contributed by atoms with Gasteiger partial charge in [0.2, 0.25) is 5.88 Å². The second-order valence-corrected chi connectivity index (χ2v) is 3.24. The molecular formula is C11H10F2N2O3. The highest BCUT2D eigenvalue weighted by atomic mass is 19.3. The number of hydrogen-bond donors (Lipinski definition) is 0. The molecule has 0 saturated heterocycles. The third-order valence-corrected chi connectivity index (χ3v) is 2.27. The van der Waals surface area contributed by atoms with Crippen LogP contribution in [0.2, 0.25) is 0 Å². The number of rotatable bonds is 4. The van der Waals surface area contributed by atoms with Crippen molar-refractivity contribution in [3.63, 3.8) is 0 Å². The molecule has 0 aliphatic heterocycles. The summed E-state index contributed by atoms with van der Waals surface area (Å²) in [7, 11) is 2.38. The molecule has 0 fully saturated rings. The Balaban J connectivity index is 3.41. The third kappa shape index (κ3) is 2.71. The average Bonchev–Trinajstić information content (AvgIpc) is 2.37. The second-order valence-electron chi connectivity index (χ2n) is 3.24. The Kier molecular flexibility index (Phi) is 4.54. The van der Waals surface area contributed by atoms with Crippen LogP contribution in [-0.2, 0) is 16.0 Å². The Morgan fingerprint density at radius 2 is 2.22 bits per heavy atom. The molecule has 0 bridgehead atoms. The molecule has 0 spiro atoms. The number of carbonyl (C=O) groups is 1. The van der Waals surface area contributed by atoms with Crippen molar-refractivity contribution in [2.75, 3.05) is 14.2 Å². The van der Waals surface area contributed by atoms with E-state index in [-0.39, 0.29) is 17.0 Å². The van der Waals surface area contributed by atoms with Crippen LogP contribution in [0, 0.1) is 11.3 Å². The normalized spacial score (nSPS) is 10.0. The highest BCUT2D eigenvalue weighted by molar-refractivity contribution is 5.74. The van der Waals surface area contributed by atoms with E-state index in [2.05, 4.69) is 9.72 Å². The van der Waals surface area contributed by atoms with Crippen molar-refractivity contribution in [2.24, 2.45) is 0 Å². The lowest BCUT2D eigenvalue weighted by molar-refractivity contribution is -0.139. The lowest BCUT2D eigenvalue weighted by Gasteiger charge is -2.12. The van der Waals surface area contributed by atoms with Gasteiger partial charge in [0.15, 0.2) is 0 Å². The Labute approximate surface area is 102 Å². The molecular weight excluding hydrogens is 246 g/mol. The molecule has 1 aromatic heterocycles. The van der Waals surface area contributed by atoms with E-state index in [9.17, 15) is 13.6 Å². The van der Waals surface area contributed by atoms with Crippen LogP contribution in [0.25, 0.3) is 0 Å². The summed E-state index contributed by atoms with van der Waals surface area (Å²) in [4.78, 5) is 14.9.